The van der Waals surface area contributed by atoms with Crippen molar-refractivity contribution in [1.29, 1.82) is 0 Å². The maximum absolute atomic E-state index is 12.9. The number of Topliss-reactive ketones (excluding diaryl/α,β-unsaturated/α-hetero) is 1. The Kier molecular flexibility index (Phi) is 6.90. The first-order chi connectivity index (χ1) is 15.7. The third-order valence-corrected chi connectivity index (χ3v) is 7.68. The van der Waals surface area contributed by atoms with Gasteiger partial charge < -0.3 is 9.47 Å². The van der Waals surface area contributed by atoms with Crippen LogP contribution in [0.25, 0.3) is 10.9 Å². The zero-order valence-electron chi connectivity index (χ0n) is 20.4. The van der Waals surface area contributed by atoms with Gasteiger partial charge in [-0.15, -0.1) is 0 Å². The van der Waals surface area contributed by atoms with Gasteiger partial charge >= 0.3 is 5.97 Å². The monoisotopic (exact) mass is 451 g/mol. The highest BCUT2D eigenvalue weighted by Gasteiger charge is 2.52. The number of ether oxygens (including phenoxy) is 2. The Morgan fingerprint density at radius 1 is 1.03 bits per heavy atom. The standard InChI is InChI=1S/C28H37NO4/c1-19-7-5-14-28(4)25(33-28)18-23(21-11-10-20-8-6-16-29-22(20)17-21)32-26(31)13-15-27(2,3)24(30)12-9-19/h6,8,10-11,16-17,19,23,25H,5,7,9,12-15,18H2,1-4H3. The van der Waals surface area contributed by atoms with E-state index in [0.717, 1.165) is 42.1 Å². The van der Waals surface area contributed by atoms with Gasteiger partial charge in [-0.25, -0.2) is 0 Å². The predicted octanol–water partition coefficient (Wildman–Crippen LogP) is 6.34. The molecule has 0 aliphatic carbocycles. The topological polar surface area (TPSA) is 68.8 Å². The first-order valence-electron chi connectivity index (χ1n) is 12.4. The molecule has 1 aromatic carbocycles. The summed E-state index contributed by atoms with van der Waals surface area (Å²) in [5.41, 5.74) is 1.15. The summed E-state index contributed by atoms with van der Waals surface area (Å²) < 4.78 is 12.1. The van der Waals surface area contributed by atoms with E-state index < -0.39 is 5.41 Å². The summed E-state index contributed by atoms with van der Waals surface area (Å²) in [6.45, 7) is 8.30. The zero-order chi connectivity index (χ0) is 23.6. The largest absolute Gasteiger partial charge is 0.457 e. The van der Waals surface area contributed by atoms with E-state index in [4.69, 9.17) is 9.47 Å². The van der Waals surface area contributed by atoms with Crippen molar-refractivity contribution in [3.8, 4) is 0 Å². The number of pyridine rings is 1. The number of hydrogen-bond donors (Lipinski definition) is 0. The van der Waals surface area contributed by atoms with Crippen LogP contribution < -0.4 is 0 Å². The van der Waals surface area contributed by atoms with Crippen LogP contribution in [-0.2, 0) is 19.1 Å². The lowest BCUT2D eigenvalue weighted by Gasteiger charge is -2.25. The summed E-state index contributed by atoms with van der Waals surface area (Å²) in [6.07, 6.45) is 7.50. The summed E-state index contributed by atoms with van der Waals surface area (Å²) in [4.78, 5) is 30.2. The Balaban J connectivity index is 1.56. The van der Waals surface area contributed by atoms with Crippen LogP contribution in [0.5, 0.6) is 0 Å². The molecule has 2 fully saturated rings. The Hall–Kier alpha value is -2.27. The number of hydrogen-bond acceptors (Lipinski definition) is 5. The molecule has 1 aromatic heterocycles. The summed E-state index contributed by atoms with van der Waals surface area (Å²) in [5, 5.41) is 1.06. The molecule has 2 saturated heterocycles. The molecular formula is C28H37NO4. The van der Waals surface area contributed by atoms with Crippen LogP contribution in [0.3, 0.4) is 0 Å². The second kappa shape index (κ2) is 9.54. The highest BCUT2D eigenvalue weighted by Crippen LogP contribution is 2.46. The van der Waals surface area contributed by atoms with Crippen LogP contribution in [0.2, 0.25) is 0 Å². The van der Waals surface area contributed by atoms with Crippen molar-refractivity contribution in [2.45, 2.75) is 96.9 Å². The maximum atomic E-state index is 12.9. The Morgan fingerprint density at radius 2 is 1.85 bits per heavy atom. The highest BCUT2D eigenvalue weighted by molar-refractivity contribution is 5.84. The molecule has 4 unspecified atom stereocenters. The quantitative estimate of drug-likeness (QED) is 0.374. The highest BCUT2D eigenvalue weighted by atomic mass is 16.6. The summed E-state index contributed by atoms with van der Waals surface area (Å²) in [6, 6.07) is 10.0. The third kappa shape index (κ3) is 5.81. The molecule has 3 heterocycles. The van der Waals surface area contributed by atoms with Gasteiger partial charge in [-0.05, 0) is 49.8 Å². The Bertz CT molecular complexity index is 1020. The first-order valence-corrected chi connectivity index (χ1v) is 12.4. The molecule has 5 heteroatoms. The maximum Gasteiger partial charge on any atom is 0.306 e. The minimum absolute atomic E-state index is 0.0796. The molecule has 0 amide bonds. The Labute approximate surface area is 197 Å². The molecule has 0 saturated carbocycles. The van der Waals surface area contributed by atoms with Crippen LogP contribution in [0.1, 0.15) is 90.7 Å². The average Bonchev–Trinajstić information content (AvgIpc) is 3.43. The molecule has 2 aliphatic heterocycles. The van der Waals surface area contributed by atoms with Gasteiger partial charge in [0.25, 0.3) is 0 Å². The molecule has 0 radical (unpaired) electrons. The van der Waals surface area contributed by atoms with Gasteiger partial charge in [-0.3, -0.25) is 14.6 Å². The van der Waals surface area contributed by atoms with Crippen molar-refractivity contribution < 1.29 is 19.1 Å². The fourth-order valence-electron chi connectivity index (χ4n) is 4.97. The summed E-state index contributed by atoms with van der Waals surface area (Å²) in [5.74, 6) is 0.495. The summed E-state index contributed by atoms with van der Waals surface area (Å²) in [7, 11) is 0. The molecule has 33 heavy (non-hydrogen) atoms. The second-order valence-corrected chi connectivity index (χ2v) is 10.9. The number of epoxide rings is 1. The second-order valence-electron chi connectivity index (χ2n) is 10.9. The van der Waals surface area contributed by atoms with E-state index >= 15 is 0 Å². The number of aromatic nitrogens is 1. The molecule has 178 valence electrons. The lowest BCUT2D eigenvalue weighted by molar-refractivity contribution is -0.151. The summed E-state index contributed by atoms with van der Waals surface area (Å²) >= 11 is 0. The molecule has 0 bridgehead atoms. The van der Waals surface area contributed by atoms with Gasteiger partial charge in [0.05, 0.1) is 17.2 Å². The number of fused-ring (bicyclic) bond motifs is 2. The fourth-order valence-corrected chi connectivity index (χ4v) is 4.97. The van der Waals surface area contributed by atoms with Crippen molar-refractivity contribution in [1.82, 2.24) is 4.98 Å². The van der Waals surface area contributed by atoms with E-state index in [0.29, 0.717) is 25.2 Å². The van der Waals surface area contributed by atoms with Crippen LogP contribution >= 0.6 is 0 Å². The van der Waals surface area contributed by atoms with Crippen LogP contribution in [0.15, 0.2) is 36.5 Å². The number of nitrogens with zero attached hydrogens (tertiary/aromatic N) is 1. The smallest absolute Gasteiger partial charge is 0.306 e. The lowest BCUT2D eigenvalue weighted by Crippen LogP contribution is -2.26. The van der Waals surface area contributed by atoms with E-state index in [1.807, 2.05) is 44.2 Å². The van der Waals surface area contributed by atoms with E-state index in [1.54, 1.807) is 6.20 Å². The molecule has 2 aliphatic rings. The number of carbonyl (C=O) groups excluding carboxylic acids is 2. The first kappa shape index (κ1) is 23.9. The molecule has 4 atom stereocenters. The van der Waals surface area contributed by atoms with E-state index in [2.05, 4.69) is 18.8 Å². The number of carbonyl (C=O) groups is 2. The van der Waals surface area contributed by atoms with Gasteiger partial charge in [0.1, 0.15) is 11.9 Å². The van der Waals surface area contributed by atoms with Gasteiger partial charge in [-0.1, -0.05) is 51.8 Å². The molecule has 0 N–H and O–H groups in total. The average molecular weight is 452 g/mol. The van der Waals surface area contributed by atoms with Crippen molar-refractivity contribution >= 4 is 22.7 Å². The van der Waals surface area contributed by atoms with Crippen molar-refractivity contribution in [3.05, 3.63) is 42.1 Å². The number of ketones is 1. The fraction of sp³-hybridized carbons (Fsp3) is 0.607. The predicted molar refractivity (Wildman–Crippen MR) is 129 cm³/mol. The molecule has 5 nitrogen and oxygen atoms in total. The normalized spacial score (nSPS) is 31.6. The molecule has 4 rings (SSSR count). The van der Waals surface area contributed by atoms with Gasteiger partial charge in [-0.2, -0.15) is 0 Å². The number of cyclic esters (lactones) is 1. The zero-order valence-corrected chi connectivity index (χ0v) is 20.4. The van der Waals surface area contributed by atoms with Gasteiger partial charge in [0.15, 0.2) is 0 Å². The van der Waals surface area contributed by atoms with Crippen LogP contribution in [0.4, 0.5) is 0 Å². The molecule has 0 spiro atoms. The molecular weight excluding hydrogens is 414 g/mol. The van der Waals surface area contributed by atoms with Gasteiger partial charge in [0, 0.05) is 36.3 Å². The third-order valence-electron chi connectivity index (χ3n) is 7.68. The van der Waals surface area contributed by atoms with Crippen molar-refractivity contribution in [2.75, 3.05) is 0 Å². The van der Waals surface area contributed by atoms with Crippen molar-refractivity contribution in [2.24, 2.45) is 11.3 Å². The van der Waals surface area contributed by atoms with Crippen LogP contribution in [-0.4, -0.2) is 28.4 Å². The number of rotatable bonds is 1. The SMILES string of the molecule is CC1CCCC2(C)OC2CC(c2ccc3cccnc3c2)OC(=O)CCC(C)(C)C(=O)CC1. The Morgan fingerprint density at radius 3 is 2.67 bits per heavy atom. The van der Waals surface area contributed by atoms with Crippen LogP contribution in [0, 0.1) is 11.3 Å². The van der Waals surface area contributed by atoms with E-state index in [-0.39, 0.29) is 36.0 Å². The lowest BCUT2D eigenvalue weighted by atomic mass is 9.80. The van der Waals surface area contributed by atoms with E-state index in [9.17, 15) is 9.59 Å². The minimum atomic E-state index is -0.518. The molecule has 2 aromatic rings. The minimum Gasteiger partial charge on any atom is -0.457 e. The number of benzene rings is 1. The number of esters is 1. The van der Waals surface area contributed by atoms with E-state index in [1.165, 1.54) is 0 Å². The van der Waals surface area contributed by atoms with Crippen molar-refractivity contribution in [3.63, 3.8) is 0 Å². The van der Waals surface area contributed by atoms with Gasteiger partial charge in [0.2, 0.25) is 0 Å².